The molecule has 4 N–H and O–H groups in total. The molecule has 0 aliphatic rings. The Hall–Kier alpha value is -1.82. The van der Waals surface area contributed by atoms with Gasteiger partial charge in [0.15, 0.2) is 5.82 Å². The third kappa shape index (κ3) is 1.48. The smallest absolute Gasteiger partial charge is 0.224 e. The molecule has 2 heterocycles. The summed E-state index contributed by atoms with van der Waals surface area (Å²) in [5.74, 6) is 6.72. The van der Waals surface area contributed by atoms with E-state index in [2.05, 4.69) is 9.97 Å². The molecule has 0 amide bonds. The number of fused-ring (bicyclic) bond motifs is 1. The van der Waals surface area contributed by atoms with Gasteiger partial charge in [-0.1, -0.05) is 0 Å². The van der Waals surface area contributed by atoms with Crippen LogP contribution in [0.2, 0.25) is 0 Å². The number of nitrogens with two attached hydrogens (primary N) is 2. The Bertz CT molecular complexity index is 489. The first-order valence-corrected chi connectivity index (χ1v) is 4.74. The minimum absolute atomic E-state index is 0.239. The first kappa shape index (κ1) is 9.72. The van der Waals surface area contributed by atoms with Gasteiger partial charge in [0.05, 0.1) is 5.39 Å². The van der Waals surface area contributed by atoms with Crippen LogP contribution in [0.15, 0.2) is 12.3 Å². The summed E-state index contributed by atoms with van der Waals surface area (Å²) in [4.78, 5) is 8.30. The van der Waals surface area contributed by atoms with Crippen LogP contribution in [0, 0.1) is 0 Å². The Balaban J connectivity index is 2.72. The van der Waals surface area contributed by atoms with E-state index in [9.17, 15) is 0 Å². The van der Waals surface area contributed by atoms with E-state index in [0.29, 0.717) is 12.4 Å². The molecule has 0 aromatic carbocycles. The number of aromatic nitrogens is 3. The molecule has 2 rings (SSSR count). The molecule has 2 aromatic heterocycles. The number of hydrogen-bond acceptors (Lipinski definition) is 5. The molecule has 0 radical (unpaired) electrons. The molecule has 0 fully saturated rings. The highest BCUT2D eigenvalue weighted by Gasteiger charge is 2.11. The van der Waals surface area contributed by atoms with Crippen LogP contribution in [0.1, 0.15) is 6.92 Å². The van der Waals surface area contributed by atoms with Crippen LogP contribution in [0.25, 0.3) is 11.0 Å². The Morgan fingerprint density at radius 2 is 2.20 bits per heavy atom. The van der Waals surface area contributed by atoms with Crippen molar-refractivity contribution in [2.45, 2.75) is 6.92 Å². The van der Waals surface area contributed by atoms with Gasteiger partial charge in [-0.2, -0.15) is 9.97 Å². The predicted octanol–water partition coefficient (Wildman–Crippen LogP) is 0.250. The summed E-state index contributed by atoms with van der Waals surface area (Å²) in [7, 11) is 1.91. The highest BCUT2D eigenvalue weighted by molar-refractivity contribution is 5.88. The fourth-order valence-electron chi connectivity index (χ4n) is 1.51. The van der Waals surface area contributed by atoms with Crippen LogP contribution in [0.4, 0.5) is 11.8 Å². The van der Waals surface area contributed by atoms with Gasteiger partial charge in [-0.25, -0.2) is 5.84 Å². The van der Waals surface area contributed by atoms with Crippen LogP contribution in [-0.2, 0) is 7.05 Å². The molecule has 6 heteroatoms. The molecule has 0 saturated heterocycles. The van der Waals surface area contributed by atoms with Gasteiger partial charge in [-0.3, -0.25) is 5.01 Å². The zero-order valence-electron chi connectivity index (χ0n) is 8.81. The normalized spacial score (nSPS) is 10.9. The Morgan fingerprint density at radius 1 is 1.47 bits per heavy atom. The molecule has 2 aromatic rings. The number of rotatable bonds is 2. The lowest BCUT2D eigenvalue weighted by Gasteiger charge is -2.16. The number of anilines is 2. The van der Waals surface area contributed by atoms with E-state index >= 15 is 0 Å². The molecular weight excluding hydrogens is 192 g/mol. The number of nitrogen functional groups attached to an aromatic ring is 1. The van der Waals surface area contributed by atoms with Crippen molar-refractivity contribution in [1.82, 2.24) is 14.5 Å². The lowest BCUT2D eigenvalue weighted by molar-refractivity contribution is 0.870. The number of hydrogen-bond donors (Lipinski definition) is 2. The van der Waals surface area contributed by atoms with Gasteiger partial charge in [0.25, 0.3) is 0 Å². The van der Waals surface area contributed by atoms with Crippen LogP contribution in [-0.4, -0.2) is 21.1 Å². The second-order valence-electron chi connectivity index (χ2n) is 3.36. The average molecular weight is 206 g/mol. The molecule has 80 valence electrons. The molecule has 0 unspecified atom stereocenters. The maximum absolute atomic E-state index is 5.82. The van der Waals surface area contributed by atoms with Crippen LogP contribution in [0.3, 0.4) is 0 Å². The summed E-state index contributed by atoms with van der Waals surface area (Å²) in [6.07, 6.45) is 1.91. The summed E-state index contributed by atoms with van der Waals surface area (Å²) < 4.78 is 1.89. The van der Waals surface area contributed by atoms with Crippen molar-refractivity contribution in [3.8, 4) is 0 Å². The summed E-state index contributed by atoms with van der Waals surface area (Å²) in [5, 5.41) is 2.47. The lowest BCUT2D eigenvalue weighted by atomic mass is 10.3. The van der Waals surface area contributed by atoms with Gasteiger partial charge in [0.1, 0.15) is 5.65 Å². The van der Waals surface area contributed by atoms with E-state index in [1.54, 1.807) is 5.01 Å². The molecule has 0 aliphatic heterocycles. The Kier molecular flexibility index (Phi) is 2.20. The van der Waals surface area contributed by atoms with Gasteiger partial charge >= 0.3 is 0 Å². The molecular formula is C9H14N6. The average Bonchev–Trinajstić information content (AvgIpc) is 2.58. The maximum atomic E-state index is 5.82. The SMILES string of the molecule is CCN(N)c1nc(N)nc2c1ccn2C. The van der Waals surface area contributed by atoms with E-state index in [-0.39, 0.29) is 5.95 Å². The lowest BCUT2D eigenvalue weighted by Crippen LogP contribution is -2.31. The van der Waals surface area contributed by atoms with Crippen molar-refractivity contribution in [1.29, 1.82) is 0 Å². The van der Waals surface area contributed by atoms with E-state index < -0.39 is 0 Å². The molecule has 6 nitrogen and oxygen atoms in total. The van der Waals surface area contributed by atoms with Crippen molar-refractivity contribution in [2.24, 2.45) is 12.9 Å². The fourth-order valence-corrected chi connectivity index (χ4v) is 1.51. The van der Waals surface area contributed by atoms with Crippen molar-refractivity contribution >= 4 is 22.8 Å². The second-order valence-corrected chi connectivity index (χ2v) is 3.36. The molecule has 0 saturated carbocycles. The molecule has 0 spiro atoms. The third-order valence-corrected chi connectivity index (χ3v) is 2.33. The number of nitrogens with zero attached hydrogens (tertiary/aromatic N) is 4. The van der Waals surface area contributed by atoms with Crippen molar-refractivity contribution in [3.05, 3.63) is 12.3 Å². The number of hydrazine groups is 1. The van der Waals surface area contributed by atoms with E-state index in [1.165, 1.54) is 0 Å². The van der Waals surface area contributed by atoms with E-state index in [1.807, 2.05) is 30.8 Å². The minimum Gasteiger partial charge on any atom is -0.368 e. The summed E-state index contributed by atoms with van der Waals surface area (Å²) in [5.41, 5.74) is 6.42. The first-order valence-electron chi connectivity index (χ1n) is 4.74. The summed E-state index contributed by atoms with van der Waals surface area (Å²) >= 11 is 0. The van der Waals surface area contributed by atoms with Crippen molar-refractivity contribution in [2.75, 3.05) is 17.3 Å². The molecule has 0 bridgehead atoms. The highest BCUT2D eigenvalue weighted by Crippen LogP contribution is 2.23. The molecule has 15 heavy (non-hydrogen) atoms. The Labute approximate surface area is 87.5 Å². The largest absolute Gasteiger partial charge is 0.368 e. The first-order chi connectivity index (χ1) is 7.13. The standard InChI is InChI=1S/C9H14N6/c1-3-15(11)8-6-4-5-14(2)7(6)12-9(10)13-8/h4-5H,3,11H2,1-2H3,(H2,10,12,13). The van der Waals surface area contributed by atoms with E-state index in [4.69, 9.17) is 11.6 Å². The molecule has 0 atom stereocenters. The van der Waals surface area contributed by atoms with Gasteiger partial charge in [-0.05, 0) is 13.0 Å². The van der Waals surface area contributed by atoms with Gasteiger partial charge in [0, 0.05) is 19.8 Å². The number of aryl methyl sites for hydroxylation is 1. The van der Waals surface area contributed by atoms with Gasteiger partial charge in [-0.15, -0.1) is 0 Å². The predicted molar refractivity (Wildman–Crippen MR) is 60.1 cm³/mol. The Morgan fingerprint density at radius 3 is 2.87 bits per heavy atom. The van der Waals surface area contributed by atoms with Crippen LogP contribution in [0.5, 0.6) is 0 Å². The fraction of sp³-hybridized carbons (Fsp3) is 0.333. The van der Waals surface area contributed by atoms with Crippen molar-refractivity contribution in [3.63, 3.8) is 0 Å². The highest BCUT2D eigenvalue weighted by atomic mass is 15.4. The van der Waals surface area contributed by atoms with Crippen LogP contribution >= 0.6 is 0 Å². The zero-order chi connectivity index (χ0) is 11.0. The summed E-state index contributed by atoms with van der Waals surface area (Å²) in [6, 6.07) is 1.93. The minimum atomic E-state index is 0.239. The monoisotopic (exact) mass is 206 g/mol. The topological polar surface area (TPSA) is 86.0 Å². The van der Waals surface area contributed by atoms with Crippen LogP contribution < -0.4 is 16.6 Å². The van der Waals surface area contributed by atoms with Gasteiger partial charge < -0.3 is 10.3 Å². The summed E-state index contributed by atoms with van der Waals surface area (Å²) in [6.45, 7) is 2.62. The van der Waals surface area contributed by atoms with Crippen molar-refractivity contribution < 1.29 is 0 Å². The van der Waals surface area contributed by atoms with Gasteiger partial charge in [0.2, 0.25) is 5.95 Å². The third-order valence-electron chi connectivity index (χ3n) is 2.33. The maximum Gasteiger partial charge on any atom is 0.224 e. The second kappa shape index (κ2) is 3.39. The quantitative estimate of drug-likeness (QED) is 0.543. The zero-order valence-corrected chi connectivity index (χ0v) is 8.81. The van der Waals surface area contributed by atoms with E-state index in [0.717, 1.165) is 11.0 Å². The molecule has 0 aliphatic carbocycles.